The molecule has 0 radical (unpaired) electrons. The predicted octanol–water partition coefficient (Wildman–Crippen LogP) is 3.66. The van der Waals surface area contributed by atoms with Crippen molar-refractivity contribution >= 4 is 11.8 Å². The van der Waals surface area contributed by atoms with Crippen LogP contribution in [-0.2, 0) is 33.9 Å². The molecule has 7 nitrogen and oxygen atoms in total. The lowest BCUT2D eigenvalue weighted by Gasteiger charge is -2.29. The van der Waals surface area contributed by atoms with E-state index in [2.05, 4.69) is 10.6 Å². The fraction of sp³-hybridized carbons (Fsp3) is 0.394. The highest BCUT2D eigenvalue weighted by Gasteiger charge is 2.39. The molecule has 2 aliphatic rings. The van der Waals surface area contributed by atoms with Gasteiger partial charge in [0.1, 0.15) is 11.6 Å². The van der Waals surface area contributed by atoms with Crippen molar-refractivity contribution in [3.63, 3.8) is 0 Å². The maximum absolute atomic E-state index is 14.0. The summed E-state index contributed by atoms with van der Waals surface area (Å²) in [6.07, 6.45) is -0.624. The number of halogens is 2. The number of carbonyl (C=O) groups is 2. The Morgan fingerprint density at radius 3 is 2.52 bits per heavy atom. The summed E-state index contributed by atoms with van der Waals surface area (Å²) in [5.74, 6) is -2.54. The van der Waals surface area contributed by atoms with Gasteiger partial charge in [-0.05, 0) is 48.6 Å². The van der Waals surface area contributed by atoms with E-state index < -0.39 is 35.7 Å². The Balaban J connectivity index is 1.24. The van der Waals surface area contributed by atoms with Gasteiger partial charge in [0.2, 0.25) is 11.8 Å². The Labute approximate surface area is 244 Å². The smallest absolute Gasteiger partial charge is 0.225 e. The minimum Gasteiger partial charge on any atom is -0.389 e. The van der Waals surface area contributed by atoms with Crippen LogP contribution in [-0.4, -0.2) is 59.2 Å². The second-order valence-corrected chi connectivity index (χ2v) is 11.4. The Morgan fingerprint density at radius 2 is 1.79 bits per heavy atom. The maximum Gasteiger partial charge on any atom is 0.225 e. The third kappa shape index (κ3) is 7.79. The number of likely N-dealkylation sites (tertiary alicyclic amines) is 1. The quantitative estimate of drug-likeness (QED) is 0.324. The van der Waals surface area contributed by atoms with E-state index >= 15 is 0 Å². The first-order valence-corrected chi connectivity index (χ1v) is 14.4. The molecule has 3 N–H and O–H groups in total. The number of hydrogen-bond acceptors (Lipinski definition) is 5. The summed E-state index contributed by atoms with van der Waals surface area (Å²) in [5.41, 5.74) is 3.44. The van der Waals surface area contributed by atoms with Crippen LogP contribution < -0.4 is 10.6 Å². The van der Waals surface area contributed by atoms with E-state index in [-0.39, 0.29) is 37.3 Å². The summed E-state index contributed by atoms with van der Waals surface area (Å²) < 4.78 is 34.0. The van der Waals surface area contributed by atoms with E-state index in [1.165, 1.54) is 12.1 Å². The van der Waals surface area contributed by atoms with Crippen molar-refractivity contribution in [3.8, 4) is 0 Å². The molecule has 2 saturated heterocycles. The topological polar surface area (TPSA) is 90.9 Å². The summed E-state index contributed by atoms with van der Waals surface area (Å²) in [7, 11) is 0. The monoisotopic (exact) mass is 577 g/mol. The van der Waals surface area contributed by atoms with Crippen LogP contribution in [0.1, 0.15) is 35.1 Å². The van der Waals surface area contributed by atoms with Crippen molar-refractivity contribution in [1.29, 1.82) is 0 Å². The summed E-state index contributed by atoms with van der Waals surface area (Å²) in [6.45, 7) is 3.61. The van der Waals surface area contributed by atoms with Crippen molar-refractivity contribution in [2.75, 3.05) is 13.1 Å². The van der Waals surface area contributed by atoms with Crippen LogP contribution in [0, 0.1) is 24.5 Å². The van der Waals surface area contributed by atoms with Gasteiger partial charge in [-0.15, -0.1) is 0 Å². The summed E-state index contributed by atoms with van der Waals surface area (Å²) in [6, 6.07) is 19.6. The Morgan fingerprint density at radius 1 is 1.05 bits per heavy atom. The molecule has 9 heteroatoms. The highest BCUT2D eigenvalue weighted by atomic mass is 19.1. The molecule has 42 heavy (non-hydrogen) atoms. The zero-order valence-corrected chi connectivity index (χ0v) is 23.6. The minimum absolute atomic E-state index is 0.0168. The average Bonchev–Trinajstić information content (AvgIpc) is 3.58. The second-order valence-electron chi connectivity index (χ2n) is 11.4. The number of carbonyl (C=O) groups excluding carboxylic acids is 2. The number of amides is 2. The number of rotatable bonds is 11. The SMILES string of the molecule is Cc1cccc(CN2C[C@@H](C(=O)N[C@@H](Cc3cc(F)cc(F)c3)[C@H](O)[C@H]3C[C@@H](OCc4ccccc4)CN3)CC2=O)c1. The summed E-state index contributed by atoms with van der Waals surface area (Å²) in [5, 5.41) is 17.6. The summed E-state index contributed by atoms with van der Waals surface area (Å²) in [4.78, 5) is 27.9. The standard InChI is InChI=1S/C33H37F2N3O4/c1-21-6-5-9-23(10-21)18-38-19-25(14-31(38)39)33(41)37-30(13-24-11-26(34)15-27(35)12-24)32(40)29-16-28(17-36-29)42-20-22-7-3-2-4-8-22/h2-12,15,25,28-30,32,36,40H,13-14,16-20H2,1H3,(H,37,41)/t25-,28+,29+,30-,32+/m0/s1. The number of aryl methyl sites for hydroxylation is 1. The molecule has 5 atom stereocenters. The molecule has 0 bridgehead atoms. The van der Waals surface area contributed by atoms with E-state index in [0.717, 1.165) is 22.8 Å². The van der Waals surface area contributed by atoms with Gasteiger partial charge in [0.15, 0.2) is 0 Å². The molecule has 0 aromatic heterocycles. The van der Waals surface area contributed by atoms with Crippen molar-refractivity contribution < 1.29 is 28.2 Å². The maximum atomic E-state index is 14.0. The van der Waals surface area contributed by atoms with Crippen molar-refractivity contribution in [2.24, 2.45) is 5.92 Å². The second kappa shape index (κ2) is 13.5. The van der Waals surface area contributed by atoms with Gasteiger partial charge in [0.05, 0.1) is 30.8 Å². The van der Waals surface area contributed by atoms with Crippen molar-refractivity contribution in [1.82, 2.24) is 15.5 Å². The number of hydrogen-bond donors (Lipinski definition) is 3. The number of nitrogens with one attached hydrogen (secondary N) is 2. The first-order valence-electron chi connectivity index (χ1n) is 14.4. The number of benzene rings is 3. The third-order valence-corrected chi connectivity index (χ3v) is 8.02. The first-order chi connectivity index (χ1) is 20.2. The zero-order valence-electron chi connectivity index (χ0n) is 23.6. The molecular weight excluding hydrogens is 540 g/mol. The Bertz CT molecular complexity index is 1370. The average molecular weight is 578 g/mol. The van der Waals surface area contributed by atoms with E-state index in [0.29, 0.717) is 31.7 Å². The van der Waals surface area contributed by atoms with Gasteiger partial charge in [0.25, 0.3) is 0 Å². The van der Waals surface area contributed by atoms with Gasteiger partial charge in [0, 0.05) is 38.2 Å². The number of aliphatic hydroxyl groups excluding tert-OH is 1. The van der Waals surface area contributed by atoms with Crippen LogP contribution >= 0.6 is 0 Å². The highest BCUT2D eigenvalue weighted by Crippen LogP contribution is 2.24. The Kier molecular flexibility index (Phi) is 9.62. The van der Waals surface area contributed by atoms with E-state index in [1.807, 2.05) is 61.5 Å². The fourth-order valence-corrected chi connectivity index (χ4v) is 5.86. The molecule has 2 aliphatic heterocycles. The largest absolute Gasteiger partial charge is 0.389 e. The lowest BCUT2D eigenvalue weighted by Crippen LogP contribution is -2.53. The summed E-state index contributed by atoms with van der Waals surface area (Å²) >= 11 is 0. The van der Waals surface area contributed by atoms with Crippen molar-refractivity contribution in [3.05, 3.63) is 107 Å². The van der Waals surface area contributed by atoms with Crippen LogP contribution in [0.4, 0.5) is 8.78 Å². The van der Waals surface area contributed by atoms with Gasteiger partial charge in [-0.1, -0.05) is 60.2 Å². The van der Waals surface area contributed by atoms with Gasteiger partial charge in [-0.25, -0.2) is 8.78 Å². The molecular formula is C33H37F2N3O4. The van der Waals surface area contributed by atoms with Gasteiger partial charge >= 0.3 is 0 Å². The minimum atomic E-state index is -1.06. The third-order valence-electron chi connectivity index (χ3n) is 8.02. The predicted molar refractivity (Wildman–Crippen MR) is 154 cm³/mol. The molecule has 5 rings (SSSR count). The molecule has 3 aromatic rings. The Hall–Kier alpha value is -3.66. The molecule has 2 fully saturated rings. The van der Waals surface area contributed by atoms with Crippen LogP contribution in [0.5, 0.6) is 0 Å². The van der Waals surface area contributed by atoms with Crippen LogP contribution in [0.15, 0.2) is 72.8 Å². The van der Waals surface area contributed by atoms with Crippen LogP contribution in [0.2, 0.25) is 0 Å². The number of aliphatic hydroxyl groups is 1. The van der Waals surface area contributed by atoms with E-state index in [4.69, 9.17) is 4.74 Å². The molecule has 2 heterocycles. The van der Waals surface area contributed by atoms with Crippen LogP contribution in [0.25, 0.3) is 0 Å². The molecule has 0 spiro atoms. The fourth-order valence-electron chi connectivity index (χ4n) is 5.86. The molecule has 222 valence electrons. The van der Waals surface area contributed by atoms with E-state index in [9.17, 15) is 23.5 Å². The number of ether oxygens (including phenoxy) is 1. The van der Waals surface area contributed by atoms with Gasteiger partial charge < -0.3 is 25.4 Å². The first kappa shape index (κ1) is 29.8. The number of nitrogens with zero attached hydrogens (tertiary/aromatic N) is 1. The molecule has 2 amide bonds. The molecule has 3 aromatic carbocycles. The lowest BCUT2D eigenvalue weighted by atomic mass is 9.94. The van der Waals surface area contributed by atoms with Crippen LogP contribution in [0.3, 0.4) is 0 Å². The van der Waals surface area contributed by atoms with E-state index in [1.54, 1.807) is 4.90 Å². The molecule has 0 aliphatic carbocycles. The van der Waals surface area contributed by atoms with Crippen molar-refractivity contribution in [2.45, 2.75) is 63.6 Å². The zero-order chi connectivity index (χ0) is 29.6. The normalized spacial score (nSPS) is 21.9. The van der Waals surface area contributed by atoms with Gasteiger partial charge in [-0.3, -0.25) is 9.59 Å². The molecule has 0 unspecified atom stereocenters. The molecule has 0 saturated carbocycles. The highest BCUT2D eigenvalue weighted by molar-refractivity contribution is 5.89. The lowest BCUT2D eigenvalue weighted by molar-refractivity contribution is -0.129. The van der Waals surface area contributed by atoms with Gasteiger partial charge in [-0.2, -0.15) is 0 Å².